The number of nitrogens with one attached hydrogen (secondary N) is 3. The van der Waals surface area contributed by atoms with E-state index in [0.29, 0.717) is 37.6 Å². The Morgan fingerprint density at radius 1 is 1.09 bits per heavy atom. The molecule has 2 amide bonds. The van der Waals surface area contributed by atoms with Crippen LogP contribution in [0.5, 0.6) is 5.88 Å². The van der Waals surface area contributed by atoms with Gasteiger partial charge in [-0.25, -0.2) is 18.7 Å². The largest absolute Gasteiger partial charge is 0.471 e. The fourth-order valence-corrected chi connectivity index (χ4v) is 6.82. The molecule has 0 aliphatic heterocycles. The topological polar surface area (TPSA) is 122 Å². The lowest BCUT2D eigenvalue weighted by molar-refractivity contribution is -0.182. The Labute approximate surface area is 279 Å². The quantitative estimate of drug-likeness (QED) is 0.147. The normalized spacial score (nSPS) is 16.9. The minimum absolute atomic E-state index is 0.0670. The average Bonchev–Trinajstić information content (AvgIpc) is 3.57. The first-order valence-corrected chi connectivity index (χ1v) is 16.1. The highest BCUT2D eigenvalue weighted by Gasteiger charge is 2.41. The highest BCUT2D eigenvalue weighted by molar-refractivity contribution is 7.13. The summed E-state index contributed by atoms with van der Waals surface area (Å²) in [4.78, 5) is 42.3. The van der Waals surface area contributed by atoms with Gasteiger partial charge in [-0.1, -0.05) is 29.3 Å². The number of hydrogen-bond donors (Lipinski definition) is 3. The second kappa shape index (κ2) is 14.3. The molecule has 47 heavy (non-hydrogen) atoms. The van der Waals surface area contributed by atoms with Crippen LogP contribution in [-0.4, -0.2) is 57.0 Å². The molecular weight excluding hydrogens is 690 g/mol. The molecule has 3 aromatic heterocycles. The number of hydrogen-bond acceptors (Lipinski definition) is 7. The van der Waals surface area contributed by atoms with Crippen LogP contribution in [0.3, 0.4) is 0 Å². The Hall–Kier alpha value is -3.56. The minimum atomic E-state index is -4.30. The monoisotopic (exact) mass is 718 g/mol. The number of thiazole rings is 1. The van der Waals surface area contributed by atoms with Crippen LogP contribution in [0.15, 0.2) is 18.2 Å². The molecule has 3 heterocycles. The Balaban J connectivity index is 1.35. The molecule has 3 N–H and O–H groups in total. The van der Waals surface area contributed by atoms with Crippen molar-refractivity contribution in [3.05, 3.63) is 66.3 Å². The molecule has 0 bridgehead atoms. The number of aryl methyl sites for hydroxylation is 2. The number of alkyl halides is 5. The summed E-state index contributed by atoms with van der Waals surface area (Å²) >= 11 is 14.5. The Kier molecular flexibility index (Phi) is 10.6. The number of nitrogens with zero attached hydrogens (tertiary/aromatic N) is 3. The van der Waals surface area contributed by atoms with Crippen molar-refractivity contribution < 1.29 is 36.3 Å². The molecule has 0 radical (unpaired) electrons. The maximum atomic E-state index is 13.2. The fourth-order valence-electron chi connectivity index (χ4n) is 5.41. The number of carbonyl (C=O) groups excluding carboxylic acids is 2. The summed E-state index contributed by atoms with van der Waals surface area (Å²) in [7, 11) is 0. The molecular formula is C30H29Cl2F5N6O3S. The molecule has 0 saturated heterocycles. The summed E-state index contributed by atoms with van der Waals surface area (Å²) in [6, 6.07) is 4.13. The molecule has 5 rings (SSSR count). The van der Waals surface area contributed by atoms with E-state index >= 15 is 0 Å². The number of carbonyl (C=O) groups is 2. The van der Waals surface area contributed by atoms with E-state index in [9.17, 15) is 31.5 Å². The van der Waals surface area contributed by atoms with Crippen LogP contribution in [0.4, 0.5) is 22.0 Å². The van der Waals surface area contributed by atoms with Gasteiger partial charge >= 0.3 is 6.18 Å². The number of ether oxygens (including phenoxy) is 1. The Bertz CT molecular complexity index is 1790. The van der Waals surface area contributed by atoms with Crippen molar-refractivity contribution in [3.8, 4) is 5.88 Å². The van der Waals surface area contributed by atoms with Crippen molar-refractivity contribution in [2.75, 3.05) is 6.61 Å². The maximum Gasteiger partial charge on any atom is 0.391 e. The zero-order valence-electron chi connectivity index (χ0n) is 25.0. The van der Waals surface area contributed by atoms with Gasteiger partial charge < -0.3 is 20.4 Å². The number of pyridine rings is 1. The highest BCUT2D eigenvalue weighted by Crippen LogP contribution is 2.38. The van der Waals surface area contributed by atoms with E-state index in [2.05, 4.69) is 30.6 Å². The number of aromatic amines is 1. The lowest BCUT2D eigenvalue weighted by atomic mass is 9.85. The first-order valence-electron chi connectivity index (χ1n) is 14.6. The molecule has 0 unspecified atom stereocenters. The second-order valence-corrected chi connectivity index (χ2v) is 13.2. The van der Waals surface area contributed by atoms with Gasteiger partial charge in [0.15, 0.2) is 12.3 Å². The summed E-state index contributed by atoms with van der Waals surface area (Å²) in [6.07, 6.45) is -7.11. The molecule has 1 aliphatic rings. The molecule has 4 aromatic rings. The van der Waals surface area contributed by atoms with Crippen LogP contribution in [0.1, 0.15) is 73.4 Å². The van der Waals surface area contributed by atoms with E-state index < -0.39 is 43.0 Å². The van der Waals surface area contributed by atoms with Gasteiger partial charge in [0.2, 0.25) is 5.88 Å². The van der Waals surface area contributed by atoms with E-state index in [1.54, 1.807) is 19.1 Å². The van der Waals surface area contributed by atoms with E-state index in [0.717, 1.165) is 5.01 Å². The lowest BCUT2D eigenvalue weighted by Crippen LogP contribution is -2.40. The highest BCUT2D eigenvalue weighted by atomic mass is 35.5. The Morgan fingerprint density at radius 3 is 2.45 bits per heavy atom. The van der Waals surface area contributed by atoms with E-state index in [4.69, 9.17) is 27.9 Å². The zero-order valence-corrected chi connectivity index (χ0v) is 27.4. The predicted molar refractivity (Wildman–Crippen MR) is 167 cm³/mol. The van der Waals surface area contributed by atoms with E-state index in [-0.39, 0.29) is 61.3 Å². The minimum Gasteiger partial charge on any atom is -0.471 e. The third kappa shape index (κ3) is 8.30. The zero-order chi connectivity index (χ0) is 34.0. The van der Waals surface area contributed by atoms with Crippen molar-refractivity contribution >= 4 is 57.5 Å². The van der Waals surface area contributed by atoms with Crippen LogP contribution in [0, 0.1) is 19.8 Å². The summed E-state index contributed by atoms with van der Waals surface area (Å²) in [5.74, 6) is -2.50. The number of fused-ring (bicyclic) bond motifs is 1. The van der Waals surface area contributed by atoms with Gasteiger partial charge in [-0.05, 0) is 62.8 Å². The van der Waals surface area contributed by atoms with Crippen molar-refractivity contribution in [2.24, 2.45) is 5.92 Å². The van der Waals surface area contributed by atoms with Gasteiger partial charge in [-0.15, -0.1) is 11.3 Å². The van der Waals surface area contributed by atoms with E-state index in [1.165, 1.54) is 17.4 Å². The standard InChI is InChI=1S/C30H29Cl2F5N6O3S/c1-13-25(47-14(2)39-13)28(45)38-11-15-3-8-20(31)18(24(15)32)10-23-41-21-9-19(29(43-26(21)42-23)46-12-22(33)34)27(44)40-17-6-4-16(5-7-17)30(35,36)37/h3,8-9,16-17,22H,4-7,10-12H2,1-2H3,(H,38,45)(H,40,44)(H,41,42,43). The number of benzene rings is 1. The van der Waals surface area contributed by atoms with Gasteiger partial charge in [-0.2, -0.15) is 18.2 Å². The number of aromatic nitrogens is 4. The van der Waals surface area contributed by atoms with Crippen LogP contribution in [0.2, 0.25) is 10.0 Å². The first-order chi connectivity index (χ1) is 22.2. The molecule has 1 aliphatic carbocycles. The number of rotatable bonds is 10. The second-order valence-electron chi connectivity index (χ2n) is 11.2. The molecule has 1 fully saturated rings. The summed E-state index contributed by atoms with van der Waals surface area (Å²) < 4.78 is 70.4. The lowest BCUT2D eigenvalue weighted by Gasteiger charge is -2.30. The summed E-state index contributed by atoms with van der Waals surface area (Å²) in [6.45, 7) is 2.64. The van der Waals surface area contributed by atoms with E-state index in [1.807, 2.05) is 6.92 Å². The molecule has 9 nitrogen and oxygen atoms in total. The van der Waals surface area contributed by atoms with Gasteiger partial charge in [0.1, 0.15) is 16.3 Å². The van der Waals surface area contributed by atoms with Crippen LogP contribution in [0.25, 0.3) is 11.2 Å². The fraction of sp³-hybridized carbons (Fsp3) is 0.433. The van der Waals surface area contributed by atoms with Crippen molar-refractivity contribution in [2.45, 2.75) is 71.1 Å². The first kappa shape index (κ1) is 34.8. The predicted octanol–water partition coefficient (Wildman–Crippen LogP) is 7.35. The number of halogens is 7. The Morgan fingerprint density at radius 2 is 1.81 bits per heavy atom. The van der Waals surface area contributed by atoms with Gasteiger partial charge in [0.25, 0.3) is 18.2 Å². The van der Waals surface area contributed by atoms with Gasteiger partial charge in [-0.3, -0.25) is 9.59 Å². The molecule has 17 heteroatoms. The third-order valence-corrected chi connectivity index (χ3v) is 9.66. The molecule has 0 spiro atoms. The molecule has 0 atom stereocenters. The number of H-pyrrole nitrogens is 1. The summed E-state index contributed by atoms with van der Waals surface area (Å²) in [5.41, 5.74) is 1.89. The number of imidazole rings is 1. The maximum absolute atomic E-state index is 13.2. The van der Waals surface area contributed by atoms with Crippen LogP contribution >= 0.6 is 34.5 Å². The van der Waals surface area contributed by atoms with Crippen molar-refractivity contribution in [1.82, 2.24) is 30.6 Å². The van der Waals surface area contributed by atoms with Gasteiger partial charge in [0.05, 0.1) is 27.2 Å². The average molecular weight is 720 g/mol. The van der Waals surface area contributed by atoms with Crippen LogP contribution < -0.4 is 15.4 Å². The SMILES string of the molecule is Cc1nc(C)c(C(=O)NCc2ccc(Cl)c(Cc3nc4nc(OCC(F)F)c(C(=O)NC5CCC(C(F)(F)F)CC5)cc4[nH]3)c2Cl)s1. The van der Waals surface area contributed by atoms with Crippen LogP contribution in [-0.2, 0) is 13.0 Å². The molecule has 1 saturated carbocycles. The van der Waals surface area contributed by atoms with Crippen molar-refractivity contribution in [3.63, 3.8) is 0 Å². The third-order valence-electron chi connectivity index (χ3n) is 7.76. The van der Waals surface area contributed by atoms with Gasteiger partial charge in [0, 0.05) is 24.0 Å². The molecule has 1 aromatic carbocycles. The van der Waals surface area contributed by atoms with Crippen molar-refractivity contribution in [1.29, 1.82) is 0 Å². The molecule has 252 valence electrons. The number of amides is 2. The summed E-state index contributed by atoms with van der Waals surface area (Å²) in [5, 5.41) is 6.92. The smallest absolute Gasteiger partial charge is 0.391 e.